The maximum absolute atomic E-state index is 5.41. The van der Waals surface area contributed by atoms with E-state index >= 15 is 0 Å². The van der Waals surface area contributed by atoms with E-state index in [2.05, 4.69) is 31.0 Å². The second kappa shape index (κ2) is 3.19. The fourth-order valence-electron chi connectivity index (χ4n) is 0.869. The highest BCUT2D eigenvalue weighted by Crippen LogP contribution is 2.18. The topological polar surface area (TPSA) is 51.8 Å². The van der Waals surface area contributed by atoms with Gasteiger partial charge >= 0.3 is 0 Å². The van der Waals surface area contributed by atoms with Crippen LogP contribution in [0, 0.1) is 0 Å². The second-order valence-electron chi connectivity index (χ2n) is 3.86. The smallest absolute Gasteiger partial charge is 0.0767 e. The SMILES string of the molecule is CC(C)(C)c1ccc(CN)nn1. The number of hydrogen-bond acceptors (Lipinski definition) is 3. The molecule has 0 atom stereocenters. The van der Waals surface area contributed by atoms with Crippen molar-refractivity contribution in [3.63, 3.8) is 0 Å². The Kier molecular flexibility index (Phi) is 2.43. The van der Waals surface area contributed by atoms with Gasteiger partial charge in [0.1, 0.15) is 0 Å². The molecule has 1 aromatic rings. The molecule has 3 heteroatoms. The van der Waals surface area contributed by atoms with Crippen LogP contribution in [0.3, 0.4) is 0 Å². The molecular formula is C9H15N3. The summed E-state index contributed by atoms with van der Waals surface area (Å²) < 4.78 is 0. The summed E-state index contributed by atoms with van der Waals surface area (Å²) in [6, 6.07) is 3.91. The van der Waals surface area contributed by atoms with Crippen molar-refractivity contribution in [3.05, 3.63) is 23.5 Å². The van der Waals surface area contributed by atoms with Gasteiger partial charge in [0.2, 0.25) is 0 Å². The Hall–Kier alpha value is -0.960. The lowest BCUT2D eigenvalue weighted by Crippen LogP contribution is -2.15. The second-order valence-corrected chi connectivity index (χ2v) is 3.86. The van der Waals surface area contributed by atoms with Crippen molar-refractivity contribution in [1.82, 2.24) is 10.2 Å². The Morgan fingerprint density at radius 1 is 1.25 bits per heavy atom. The molecule has 0 saturated carbocycles. The monoisotopic (exact) mass is 165 g/mol. The quantitative estimate of drug-likeness (QED) is 0.681. The molecule has 0 aliphatic rings. The average Bonchev–Trinajstić information content (AvgIpc) is 2.03. The van der Waals surface area contributed by atoms with E-state index in [9.17, 15) is 0 Å². The first kappa shape index (κ1) is 9.13. The minimum Gasteiger partial charge on any atom is -0.325 e. The molecule has 12 heavy (non-hydrogen) atoms. The van der Waals surface area contributed by atoms with Gasteiger partial charge in [-0.05, 0) is 12.1 Å². The zero-order valence-corrected chi connectivity index (χ0v) is 7.83. The molecular weight excluding hydrogens is 150 g/mol. The van der Waals surface area contributed by atoms with Crippen LogP contribution in [-0.4, -0.2) is 10.2 Å². The third kappa shape index (κ3) is 2.01. The van der Waals surface area contributed by atoms with Gasteiger partial charge in [0.25, 0.3) is 0 Å². The Labute approximate surface area is 73.0 Å². The van der Waals surface area contributed by atoms with Crippen LogP contribution in [0.15, 0.2) is 12.1 Å². The molecule has 0 unspecified atom stereocenters. The zero-order valence-electron chi connectivity index (χ0n) is 7.83. The standard InChI is InChI=1S/C9H15N3/c1-9(2,3)8-5-4-7(6-10)11-12-8/h4-5H,6,10H2,1-3H3. The van der Waals surface area contributed by atoms with Crippen molar-refractivity contribution in [2.24, 2.45) is 5.73 Å². The van der Waals surface area contributed by atoms with E-state index in [1.54, 1.807) is 0 Å². The van der Waals surface area contributed by atoms with Crippen LogP contribution in [0.5, 0.6) is 0 Å². The molecule has 0 saturated heterocycles. The minimum atomic E-state index is 0.0696. The maximum atomic E-state index is 5.41. The van der Waals surface area contributed by atoms with E-state index in [-0.39, 0.29) is 5.41 Å². The number of nitrogens with two attached hydrogens (primary N) is 1. The van der Waals surface area contributed by atoms with Gasteiger partial charge in [-0.2, -0.15) is 10.2 Å². The van der Waals surface area contributed by atoms with Crippen LogP contribution in [0.25, 0.3) is 0 Å². The summed E-state index contributed by atoms with van der Waals surface area (Å²) in [6.07, 6.45) is 0. The van der Waals surface area contributed by atoms with Gasteiger partial charge in [-0.3, -0.25) is 0 Å². The van der Waals surface area contributed by atoms with Crippen molar-refractivity contribution in [3.8, 4) is 0 Å². The molecule has 0 bridgehead atoms. The lowest BCUT2D eigenvalue weighted by molar-refractivity contribution is 0.556. The largest absolute Gasteiger partial charge is 0.325 e. The van der Waals surface area contributed by atoms with Crippen molar-refractivity contribution in [1.29, 1.82) is 0 Å². The Morgan fingerprint density at radius 2 is 1.92 bits per heavy atom. The van der Waals surface area contributed by atoms with Crippen LogP contribution < -0.4 is 5.73 Å². The Balaban J connectivity index is 2.93. The summed E-state index contributed by atoms with van der Waals surface area (Å²) in [5.41, 5.74) is 7.31. The summed E-state index contributed by atoms with van der Waals surface area (Å²) in [7, 11) is 0. The van der Waals surface area contributed by atoms with Crippen molar-refractivity contribution < 1.29 is 0 Å². The van der Waals surface area contributed by atoms with Gasteiger partial charge in [0.05, 0.1) is 11.4 Å². The molecule has 0 aliphatic heterocycles. The molecule has 0 aliphatic carbocycles. The summed E-state index contributed by atoms with van der Waals surface area (Å²) in [5.74, 6) is 0. The molecule has 0 spiro atoms. The molecule has 0 fully saturated rings. The van der Waals surface area contributed by atoms with Crippen LogP contribution >= 0.6 is 0 Å². The lowest BCUT2D eigenvalue weighted by Gasteiger charge is -2.16. The van der Waals surface area contributed by atoms with Gasteiger partial charge in [-0.15, -0.1) is 0 Å². The summed E-state index contributed by atoms with van der Waals surface area (Å²) in [5, 5.41) is 8.08. The van der Waals surface area contributed by atoms with Gasteiger partial charge in [0, 0.05) is 12.0 Å². The summed E-state index contributed by atoms with van der Waals surface area (Å²) >= 11 is 0. The highest BCUT2D eigenvalue weighted by Gasteiger charge is 2.15. The lowest BCUT2D eigenvalue weighted by atomic mass is 9.92. The van der Waals surface area contributed by atoms with E-state index < -0.39 is 0 Å². The third-order valence-corrected chi connectivity index (χ3v) is 1.70. The Morgan fingerprint density at radius 3 is 2.25 bits per heavy atom. The molecule has 66 valence electrons. The highest BCUT2D eigenvalue weighted by atomic mass is 15.1. The van der Waals surface area contributed by atoms with Gasteiger partial charge in [0.15, 0.2) is 0 Å². The first-order valence-corrected chi connectivity index (χ1v) is 4.07. The normalized spacial score (nSPS) is 11.7. The van der Waals surface area contributed by atoms with Crippen molar-refractivity contribution >= 4 is 0 Å². The number of hydrogen-bond donors (Lipinski definition) is 1. The molecule has 1 rings (SSSR count). The predicted molar refractivity (Wildman–Crippen MR) is 48.6 cm³/mol. The fourth-order valence-corrected chi connectivity index (χ4v) is 0.869. The third-order valence-electron chi connectivity index (χ3n) is 1.70. The number of aromatic nitrogens is 2. The van der Waals surface area contributed by atoms with Crippen LogP contribution in [0.2, 0.25) is 0 Å². The minimum absolute atomic E-state index is 0.0696. The first-order valence-electron chi connectivity index (χ1n) is 4.07. The van der Waals surface area contributed by atoms with Crippen LogP contribution in [-0.2, 0) is 12.0 Å². The molecule has 1 aromatic heterocycles. The predicted octanol–water partition coefficient (Wildman–Crippen LogP) is 1.23. The molecule has 3 nitrogen and oxygen atoms in total. The molecule has 0 amide bonds. The maximum Gasteiger partial charge on any atom is 0.0767 e. The molecule has 2 N–H and O–H groups in total. The number of nitrogens with zero attached hydrogens (tertiary/aromatic N) is 2. The first-order chi connectivity index (χ1) is 5.54. The van der Waals surface area contributed by atoms with Crippen LogP contribution in [0.4, 0.5) is 0 Å². The molecule has 1 heterocycles. The van der Waals surface area contributed by atoms with Crippen molar-refractivity contribution in [2.45, 2.75) is 32.7 Å². The highest BCUT2D eigenvalue weighted by molar-refractivity contribution is 5.13. The average molecular weight is 165 g/mol. The molecule has 0 radical (unpaired) electrons. The van der Waals surface area contributed by atoms with E-state index in [0.717, 1.165) is 11.4 Å². The van der Waals surface area contributed by atoms with Gasteiger partial charge in [-0.1, -0.05) is 20.8 Å². The summed E-state index contributed by atoms with van der Waals surface area (Å²) in [6.45, 7) is 6.79. The van der Waals surface area contributed by atoms with E-state index in [4.69, 9.17) is 5.73 Å². The van der Waals surface area contributed by atoms with E-state index in [1.165, 1.54) is 0 Å². The number of rotatable bonds is 1. The van der Waals surface area contributed by atoms with E-state index in [0.29, 0.717) is 6.54 Å². The Bertz CT molecular complexity index is 245. The zero-order chi connectivity index (χ0) is 9.19. The van der Waals surface area contributed by atoms with Gasteiger partial charge in [-0.25, -0.2) is 0 Å². The summed E-state index contributed by atoms with van der Waals surface area (Å²) in [4.78, 5) is 0. The molecule has 0 aromatic carbocycles. The van der Waals surface area contributed by atoms with Crippen molar-refractivity contribution in [2.75, 3.05) is 0 Å². The van der Waals surface area contributed by atoms with Gasteiger partial charge < -0.3 is 5.73 Å². The van der Waals surface area contributed by atoms with Crippen LogP contribution in [0.1, 0.15) is 32.2 Å². The fraction of sp³-hybridized carbons (Fsp3) is 0.556. The van der Waals surface area contributed by atoms with E-state index in [1.807, 2.05) is 12.1 Å².